The first-order chi connectivity index (χ1) is 13.8. The molecule has 28 heavy (non-hydrogen) atoms. The molecule has 0 saturated heterocycles. The van der Waals surface area contributed by atoms with Crippen LogP contribution in [0.25, 0.3) is 53.9 Å². The zero-order valence-corrected chi connectivity index (χ0v) is 18.0. The summed E-state index contributed by atoms with van der Waals surface area (Å²) in [4.78, 5) is 0. The fraction of sp³-hybridized carbons (Fsp3) is 0. The Morgan fingerprint density at radius 2 is 0.643 bits per heavy atom. The molecule has 0 heterocycles. The standard InChI is InChI=1S/C26H14Br2/c27-21-13-5-11-19-23(21)15-7-1-3-9-17(15)25-20-12-6-14-22(28)24(20)16-8-2-4-10-18(16)26(19)25/h1-14H. The van der Waals surface area contributed by atoms with Crippen molar-refractivity contribution in [2.75, 3.05) is 0 Å². The summed E-state index contributed by atoms with van der Waals surface area (Å²) in [5.74, 6) is 0. The minimum absolute atomic E-state index is 1.14. The first-order valence-electron chi connectivity index (χ1n) is 9.27. The quantitative estimate of drug-likeness (QED) is 0.188. The number of hydrogen-bond acceptors (Lipinski definition) is 0. The fourth-order valence-corrected chi connectivity index (χ4v) is 5.84. The summed E-state index contributed by atoms with van der Waals surface area (Å²) < 4.78 is 2.28. The lowest BCUT2D eigenvalue weighted by Crippen LogP contribution is -1.89. The van der Waals surface area contributed by atoms with E-state index in [1.54, 1.807) is 0 Å². The van der Waals surface area contributed by atoms with Crippen LogP contribution in [0.4, 0.5) is 0 Å². The van der Waals surface area contributed by atoms with Gasteiger partial charge < -0.3 is 0 Å². The summed E-state index contributed by atoms with van der Waals surface area (Å²) in [5, 5.41) is 13.0. The summed E-state index contributed by atoms with van der Waals surface area (Å²) in [7, 11) is 0. The van der Waals surface area contributed by atoms with E-state index in [0.29, 0.717) is 0 Å². The Bertz CT molecular complexity index is 1460. The van der Waals surface area contributed by atoms with E-state index in [0.717, 1.165) is 8.95 Å². The maximum Gasteiger partial charge on any atom is 0.0260 e. The summed E-state index contributed by atoms with van der Waals surface area (Å²) in [6.07, 6.45) is 0. The Morgan fingerprint density at radius 3 is 1.04 bits per heavy atom. The van der Waals surface area contributed by atoms with Crippen LogP contribution >= 0.6 is 31.9 Å². The van der Waals surface area contributed by atoms with Crippen molar-refractivity contribution in [2.24, 2.45) is 0 Å². The van der Waals surface area contributed by atoms with Crippen LogP contribution in [0.1, 0.15) is 0 Å². The molecule has 2 heteroatoms. The lowest BCUT2D eigenvalue weighted by molar-refractivity contribution is 1.74. The summed E-state index contributed by atoms with van der Waals surface area (Å²) >= 11 is 7.64. The molecule has 0 spiro atoms. The van der Waals surface area contributed by atoms with Gasteiger partial charge in [0.2, 0.25) is 0 Å². The maximum atomic E-state index is 3.82. The van der Waals surface area contributed by atoms with Gasteiger partial charge in [0.1, 0.15) is 0 Å². The number of rotatable bonds is 0. The van der Waals surface area contributed by atoms with Crippen LogP contribution in [0.15, 0.2) is 93.9 Å². The Morgan fingerprint density at radius 1 is 0.321 bits per heavy atom. The summed E-state index contributed by atoms with van der Waals surface area (Å²) in [6, 6.07) is 30.6. The molecule has 6 rings (SSSR count). The van der Waals surface area contributed by atoms with Gasteiger partial charge in [0.05, 0.1) is 0 Å². The molecule has 0 nitrogen and oxygen atoms in total. The van der Waals surface area contributed by atoms with Crippen molar-refractivity contribution in [3.8, 4) is 0 Å². The molecule has 0 aliphatic heterocycles. The van der Waals surface area contributed by atoms with E-state index in [-0.39, 0.29) is 0 Å². The summed E-state index contributed by atoms with van der Waals surface area (Å²) in [5.41, 5.74) is 0. The first-order valence-corrected chi connectivity index (χ1v) is 10.9. The number of fused-ring (bicyclic) bond motifs is 11. The highest BCUT2D eigenvalue weighted by Crippen LogP contribution is 2.46. The first kappa shape index (κ1) is 16.5. The van der Waals surface area contributed by atoms with Crippen molar-refractivity contribution in [1.29, 1.82) is 0 Å². The molecule has 6 aromatic carbocycles. The van der Waals surface area contributed by atoms with Crippen molar-refractivity contribution >= 4 is 85.7 Å². The van der Waals surface area contributed by atoms with Crippen molar-refractivity contribution in [3.63, 3.8) is 0 Å². The van der Waals surface area contributed by atoms with Crippen molar-refractivity contribution in [3.05, 3.63) is 93.9 Å². The van der Waals surface area contributed by atoms with Gasteiger partial charge in [-0.3, -0.25) is 0 Å². The molecule has 0 radical (unpaired) electrons. The van der Waals surface area contributed by atoms with E-state index in [4.69, 9.17) is 0 Å². The largest absolute Gasteiger partial charge is 0.0616 e. The van der Waals surface area contributed by atoms with Gasteiger partial charge in [0.15, 0.2) is 0 Å². The second kappa shape index (κ2) is 6.04. The van der Waals surface area contributed by atoms with Crippen molar-refractivity contribution < 1.29 is 0 Å². The number of hydrogen-bond donors (Lipinski definition) is 0. The normalized spacial score (nSPS) is 11.9. The fourth-order valence-electron chi connectivity index (χ4n) is 4.68. The molecular formula is C26H14Br2. The molecular weight excluding hydrogens is 472 g/mol. The average molecular weight is 486 g/mol. The third kappa shape index (κ3) is 2.10. The number of benzene rings is 6. The maximum absolute atomic E-state index is 3.82. The van der Waals surface area contributed by atoms with E-state index in [2.05, 4.69) is 117 Å². The van der Waals surface area contributed by atoms with Crippen LogP contribution < -0.4 is 0 Å². The van der Waals surface area contributed by atoms with Gasteiger partial charge in [0.25, 0.3) is 0 Å². The minimum atomic E-state index is 1.14. The molecule has 0 bridgehead atoms. The van der Waals surface area contributed by atoms with E-state index in [1.165, 1.54) is 53.9 Å². The predicted molar refractivity (Wildman–Crippen MR) is 129 cm³/mol. The molecule has 6 aromatic rings. The van der Waals surface area contributed by atoms with E-state index in [9.17, 15) is 0 Å². The topological polar surface area (TPSA) is 0 Å². The van der Waals surface area contributed by atoms with Gasteiger partial charge in [0, 0.05) is 19.7 Å². The van der Waals surface area contributed by atoms with Crippen LogP contribution in [0.3, 0.4) is 0 Å². The molecule has 132 valence electrons. The lowest BCUT2D eigenvalue weighted by Gasteiger charge is -2.17. The Labute approximate surface area is 179 Å². The SMILES string of the molecule is Brc1cccc2c1c1ccccc1c1c3cccc(Br)c3c3ccccc3c21. The van der Waals surface area contributed by atoms with E-state index >= 15 is 0 Å². The van der Waals surface area contributed by atoms with E-state index < -0.39 is 0 Å². The van der Waals surface area contributed by atoms with Crippen LogP contribution in [-0.4, -0.2) is 0 Å². The Balaban J connectivity index is 2.14. The third-order valence-corrected chi connectivity index (χ3v) is 7.07. The van der Waals surface area contributed by atoms with Gasteiger partial charge in [-0.25, -0.2) is 0 Å². The van der Waals surface area contributed by atoms with Gasteiger partial charge in [-0.05, 0) is 55.2 Å². The van der Waals surface area contributed by atoms with Crippen LogP contribution in [0.5, 0.6) is 0 Å². The highest BCUT2D eigenvalue weighted by atomic mass is 79.9. The van der Waals surface area contributed by atoms with Crippen LogP contribution in [-0.2, 0) is 0 Å². The average Bonchev–Trinajstić information content (AvgIpc) is 2.73. The number of halogens is 2. The molecule has 0 atom stereocenters. The zero-order chi connectivity index (χ0) is 18.8. The summed E-state index contributed by atoms with van der Waals surface area (Å²) in [6.45, 7) is 0. The van der Waals surface area contributed by atoms with Crippen molar-refractivity contribution in [2.45, 2.75) is 0 Å². The molecule has 0 amide bonds. The van der Waals surface area contributed by atoms with Gasteiger partial charge in [-0.2, -0.15) is 0 Å². The lowest BCUT2D eigenvalue weighted by atomic mass is 9.87. The van der Waals surface area contributed by atoms with Crippen LogP contribution in [0.2, 0.25) is 0 Å². The van der Waals surface area contributed by atoms with Crippen molar-refractivity contribution in [1.82, 2.24) is 0 Å². The monoisotopic (exact) mass is 484 g/mol. The zero-order valence-electron chi connectivity index (χ0n) is 14.8. The molecule has 0 aliphatic carbocycles. The minimum Gasteiger partial charge on any atom is -0.0616 e. The highest BCUT2D eigenvalue weighted by molar-refractivity contribution is 9.11. The van der Waals surface area contributed by atoms with Gasteiger partial charge in [-0.15, -0.1) is 0 Å². The molecule has 0 aromatic heterocycles. The van der Waals surface area contributed by atoms with Gasteiger partial charge in [-0.1, -0.05) is 105 Å². The Kier molecular flexibility index (Phi) is 3.56. The molecule has 0 fully saturated rings. The van der Waals surface area contributed by atoms with E-state index in [1.807, 2.05) is 0 Å². The second-order valence-electron chi connectivity index (χ2n) is 7.17. The van der Waals surface area contributed by atoms with Gasteiger partial charge >= 0.3 is 0 Å². The Hall–Kier alpha value is -2.42. The second-order valence-corrected chi connectivity index (χ2v) is 8.87. The third-order valence-electron chi connectivity index (χ3n) is 5.75. The molecule has 0 saturated carbocycles. The highest BCUT2D eigenvalue weighted by Gasteiger charge is 2.17. The smallest absolute Gasteiger partial charge is 0.0260 e. The molecule has 0 N–H and O–H groups in total. The van der Waals surface area contributed by atoms with Crippen LogP contribution in [0, 0.1) is 0 Å². The predicted octanol–water partition coefficient (Wildman–Crippen LogP) is 8.98. The molecule has 0 aliphatic rings. The molecule has 0 unspecified atom stereocenters.